The second-order valence-corrected chi connectivity index (χ2v) is 9.55. The molecule has 190 valence electrons. The van der Waals surface area contributed by atoms with E-state index in [1.54, 1.807) is 0 Å². The van der Waals surface area contributed by atoms with Crippen molar-refractivity contribution in [3.63, 3.8) is 0 Å². The third kappa shape index (κ3) is 3.46. The molecule has 0 saturated carbocycles. The third-order valence-corrected chi connectivity index (χ3v) is 8.06. The lowest BCUT2D eigenvalue weighted by molar-refractivity contribution is 0.0531. The number of anilines is 1. The van der Waals surface area contributed by atoms with Gasteiger partial charge < -0.3 is 24.5 Å². The number of nitrogens with zero attached hydrogens (tertiary/aromatic N) is 3. The first-order chi connectivity index (χ1) is 17.5. The molecule has 2 atom stereocenters. The normalized spacial score (nSPS) is 21.9. The van der Waals surface area contributed by atoms with Gasteiger partial charge in [0.1, 0.15) is 17.4 Å². The molecule has 2 unspecified atom stereocenters. The molecule has 6 heteroatoms. The van der Waals surface area contributed by atoms with Crippen LogP contribution in [-0.4, -0.2) is 66.2 Å². The van der Waals surface area contributed by atoms with E-state index in [1.807, 2.05) is 23.1 Å². The second kappa shape index (κ2) is 9.66. The summed E-state index contributed by atoms with van der Waals surface area (Å²) in [6.45, 7) is 12.5. The number of ether oxygens (including phenoxy) is 1. The van der Waals surface area contributed by atoms with Gasteiger partial charge in [-0.05, 0) is 51.5 Å². The van der Waals surface area contributed by atoms with Crippen molar-refractivity contribution in [2.75, 3.05) is 44.2 Å². The standard InChI is InChI=1S/C30H37N3O3/c1-5-31(6-2)21-13-15-25-27(19-21)36-28-20-22(32(7-3)8-4)14-16-26(28)30(25)24-12-10-9-11-23(24)29(35)33(30)17-18-34/h9-16,19,28,34H,5-8,17-18,20H2,1-4H3. The molecule has 2 aromatic rings. The van der Waals surface area contributed by atoms with E-state index < -0.39 is 5.54 Å². The molecule has 1 amide bonds. The fourth-order valence-corrected chi connectivity index (χ4v) is 6.39. The van der Waals surface area contributed by atoms with E-state index in [-0.39, 0.29) is 25.2 Å². The van der Waals surface area contributed by atoms with Crippen molar-refractivity contribution in [3.05, 3.63) is 82.6 Å². The van der Waals surface area contributed by atoms with Crippen molar-refractivity contribution in [1.29, 1.82) is 0 Å². The van der Waals surface area contributed by atoms with Crippen molar-refractivity contribution >= 4 is 11.6 Å². The summed E-state index contributed by atoms with van der Waals surface area (Å²) in [7, 11) is 0. The van der Waals surface area contributed by atoms with Crippen molar-refractivity contribution in [1.82, 2.24) is 9.80 Å². The zero-order chi connectivity index (χ0) is 25.4. The molecule has 3 aliphatic rings. The minimum atomic E-state index is -0.804. The molecule has 0 aromatic heterocycles. The zero-order valence-corrected chi connectivity index (χ0v) is 21.8. The number of aliphatic hydroxyl groups is 1. The first-order valence-electron chi connectivity index (χ1n) is 13.3. The molecule has 5 rings (SSSR count). The molecule has 0 bridgehead atoms. The van der Waals surface area contributed by atoms with Crippen molar-refractivity contribution in [2.45, 2.75) is 45.8 Å². The molecule has 1 spiro atoms. The van der Waals surface area contributed by atoms with Crippen molar-refractivity contribution in [3.8, 4) is 5.75 Å². The maximum absolute atomic E-state index is 13.8. The molecule has 0 fully saturated rings. The smallest absolute Gasteiger partial charge is 0.255 e. The number of hydrogen-bond acceptors (Lipinski definition) is 5. The molecule has 2 aliphatic heterocycles. The van der Waals surface area contributed by atoms with Crippen LogP contribution >= 0.6 is 0 Å². The van der Waals surface area contributed by atoms with E-state index in [4.69, 9.17) is 4.74 Å². The number of benzene rings is 2. The Kier molecular flexibility index (Phi) is 6.56. The molecule has 6 nitrogen and oxygen atoms in total. The van der Waals surface area contributed by atoms with E-state index >= 15 is 0 Å². The van der Waals surface area contributed by atoms with Crippen LogP contribution in [0, 0.1) is 0 Å². The highest BCUT2D eigenvalue weighted by Crippen LogP contribution is 2.57. The van der Waals surface area contributed by atoms with Crippen LogP contribution in [0.4, 0.5) is 5.69 Å². The van der Waals surface area contributed by atoms with Gasteiger partial charge in [-0.25, -0.2) is 0 Å². The summed E-state index contributed by atoms with van der Waals surface area (Å²) in [6.07, 6.45) is 4.91. The summed E-state index contributed by atoms with van der Waals surface area (Å²) >= 11 is 0. The fraction of sp³-hybridized carbons (Fsp3) is 0.433. The van der Waals surface area contributed by atoms with Crippen LogP contribution in [0.25, 0.3) is 0 Å². The second-order valence-electron chi connectivity index (χ2n) is 9.55. The summed E-state index contributed by atoms with van der Waals surface area (Å²) in [5.41, 5.74) is 5.26. The largest absolute Gasteiger partial charge is 0.485 e. The van der Waals surface area contributed by atoms with E-state index in [0.717, 1.165) is 60.7 Å². The summed E-state index contributed by atoms with van der Waals surface area (Å²) in [5, 5.41) is 10.1. The summed E-state index contributed by atoms with van der Waals surface area (Å²) < 4.78 is 6.79. The fourth-order valence-electron chi connectivity index (χ4n) is 6.39. The average molecular weight is 488 g/mol. The summed E-state index contributed by atoms with van der Waals surface area (Å²) in [4.78, 5) is 20.3. The molecule has 1 N–H and O–H groups in total. The first kappa shape index (κ1) is 24.4. The Hall–Kier alpha value is -3.25. The van der Waals surface area contributed by atoms with E-state index in [1.165, 1.54) is 5.70 Å². The van der Waals surface area contributed by atoms with Crippen LogP contribution in [0.1, 0.15) is 55.6 Å². The van der Waals surface area contributed by atoms with Gasteiger partial charge in [-0.2, -0.15) is 0 Å². The minimum absolute atomic E-state index is 0.0431. The predicted molar refractivity (Wildman–Crippen MR) is 143 cm³/mol. The Labute approximate surface area is 214 Å². The number of rotatable bonds is 8. The van der Waals surface area contributed by atoms with Gasteiger partial charge in [0, 0.05) is 73.3 Å². The SMILES string of the molecule is CCN(CC)C1=CC=C2C(C1)Oc1cc(N(CC)CC)ccc1C21c2ccccc2C(=O)N1CCO. The monoisotopic (exact) mass is 487 g/mol. The summed E-state index contributed by atoms with van der Waals surface area (Å²) in [5.74, 6) is 0.772. The van der Waals surface area contributed by atoms with Crippen molar-refractivity contribution < 1.29 is 14.6 Å². The molecular weight excluding hydrogens is 450 g/mol. The van der Waals surface area contributed by atoms with Gasteiger partial charge in [0.15, 0.2) is 0 Å². The predicted octanol–water partition coefficient (Wildman–Crippen LogP) is 4.54. The lowest BCUT2D eigenvalue weighted by atomic mass is 9.70. The van der Waals surface area contributed by atoms with E-state index in [0.29, 0.717) is 5.56 Å². The minimum Gasteiger partial charge on any atom is -0.485 e. The third-order valence-electron chi connectivity index (χ3n) is 8.06. The topological polar surface area (TPSA) is 56.2 Å². The van der Waals surface area contributed by atoms with E-state index in [9.17, 15) is 9.90 Å². The Morgan fingerprint density at radius 3 is 2.39 bits per heavy atom. The van der Waals surface area contributed by atoms with Crippen LogP contribution in [0.2, 0.25) is 0 Å². The molecule has 1 aliphatic carbocycles. The highest BCUT2D eigenvalue weighted by molar-refractivity contribution is 6.02. The van der Waals surface area contributed by atoms with Gasteiger partial charge in [-0.3, -0.25) is 4.79 Å². The quantitative estimate of drug-likeness (QED) is 0.593. The van der Waals surface area contributed by atoms with Gasteiger partial charge in [-0.1, -0.05) is 30.3 Å². The number of carbonyl (C=O) groups excluding carboxylic acids is 1. The number of allylic oxidation sites excluding steroid dienone is 2. The van der Waals surface area contributed by atoms with Gasteiger partial charge in [0.05, 0.1) is 6.61 Å². The Bertz CT molecular complexity index is 1210. The van der Waals surface area contributed by atoms with Gasteiger partial charge >= 0.3 is 0 Å². The Morgan fingerprint density at radius 2 is 1.69 bits per heavy atom. The maximum Gasteiger partial charge on any atom is 0.255 e. The van der Waals surface area contributed by atoms with Crippen LogP contribution in [-0.2, 0) is 5.54 Å². The lowest BCUT2D eigenvalue weighted by Crippen LogP contribution is -2.53. The maximum atomic E-state index is 13.8. The van der Waals surface area contributed by atoms with Gasteiger partial charge in [0.2, 0.25) is 0 Å². The number of amides is 1. The first-order valence-corrected chi connectivity index (χ1v) is 13.3. The summed E-state index contributed by atoms with van der Waals surface area (Å²) in [6, 6.07) is 14.3. The number of hydrogen-bond donors (Lipinski definition) is 1. The van der Waals surface area contributed by atoms with Crippen LogP contribution in [0.15, 0.2) is 65.9 Å². The molecule has 2 aromatic carbocycles. The zero-order valence-electron chi connectivity index (χ0n) is 21.8. The lowest BCUT2D eigenvalue weighted by Gasteiger charge is -2.49. The van der Waals surface area contributed by atoms with Crippen LogP contribution < -0.4 is 9.64 Å². The molecule has 2 heterocycles. The molecule has 0 saturated heterocycles. The molecular formula is C30H37N3O3. The van der Waals surface area contributed by atoms with Crippen molar-refractivity contribution in [2.24, 2.45) is 0 Å². The molecule has 36 heavy (non-hydrogen) atoms. The Balaban J connectivity index is 1.78. The number of β-amino-alcohol motifs (C(OH)–C–C–N with tert-alkyl or cyclic N) is 1. The van der Waals surface area contributed by atoms with Crippen LogP contribution in [0.5, 0.6) is 5.75 Å². The van der Waals surface area contributed by atoms with E-state index in [2.05, 4.69) is 73.9 Å². The highest BCUT2D eigenvalue weighted by Gasteiger charge is 2.58. The molecule has 0 radical (unpaired) electrons. The van der Waals surface area contributed by atoms with Crippen LogP contribution in [0.3, 0.4) is 0 Å². The number of aliphatic hydroxyl groups excluding tert-OH is 1. The number of carbonyl (C=O) groups is 1. The van der Waals surface area contributed by atoms with Gasteiger partial charge in [0.25, 0.3) is 5.91 Å². The average Bonchev–Trinajstić information content (AvgIpc) is 3.14. The van der Waals surface area contributed by atoms with Gasteiger partial charge in [-0.15, -0.1) is 0 Å². The highest BCUT2D eigenvalue weighted by atomic mass is 16.5. The number of fused-ring (bicyclic) bond motifs is 6. The Morgan fingerprint density at radius 1 is 0.972 bits per heavy atom.